The molecule has 3 rings (SSSR count). The van der Waals surface area contributed by atoms with Crippen LogP contribution in [0.25, 0.3) is 0 Å². The number of benzene rings is 2. The molecule has 1 heterocycles. The zero-order valence-corrected chi connectivity index (χ0v) is 18.2. The molecule has 1 aliphatic rings. The summed E-state index contributed by atoms with van der Waals surface area (Å²) in [6.45, 7) is 7.07. The SMILES string of the molecule is COc1cc(NC(=O)CN2CCN(Cc3cccc(C)c3)CC2)cc(OC)c1OC. The lowest BCUT2D eigenvalue weighted by atomic mass is 10.1. The number of amides is 1. The van der Waals surface area contributed by atoms with E-state index in [0.717, 1.165) is 32.7 Å². The summed E-state index contributed by atoms with van der Waals surface area (Å²) in [5.74, 6) is 1.47. The Kier molecular flexibility index (Phi) is 7.54. The highest BCUT2D eigenvalue weighted by molar-refractivity contribution is 5.93. The molecular weight excluding hydrogens is 382 g/mol. The third-order valence-corrected chi connectivity index (χ3v) is 5.27. The van der Waals surface area contributed by atoms with Gasteiger partial charge in [-0.05, 0) is 12.5 Å². The number of hydrogen-bond acceptors (Lipinski definition) is 6. The summed E-state index contributed by atoms with van der Waals surface area (Å²) in [7, 11) is 4.66. The molecule has 0 atom stereocenters. The number of piperazine rings is 1. The molecular formula is C23H31N3O4. The van der Waals surface area contributed by atoms with Crippen LogP contribution in [0.3, 0.4) is 0 Å². The van der Waals surface area contributed by atoms with Crippen molar-refractivity contribution in [3.05, 3.63) is 47.5 Å². The Labute approximate surface area is 178 Å². The van der Waals surface area contributed by atoms with Crippen LogP contribution in [0.15, 0.2) is 36.4 Å². The standard InChI is InChI=1S/C23H31N3O4/c1-17-6-5-7-18(12-17)15-25-8-10-26(11-9-25)16-22(27)24-19-13-20(28-2)23(30-4)21(14-19)29-3/h5-7,12-14H,8-11,15-16H2,1-4H3,(H,24,27). The number of hydrogen-bond donors (Lipinski definition) is 1. The van der Waals surface area contributed by atoms with E-state index in [9.17, 15) is 4.79 Å². The van der Waals surface area contributed by atoms with Gasteiger partial charge in [0, 0.05) is 50.5 Å². The first-order chi connectivity index (χ1) is 14.5. The van der Waals surface area contributed by atoms with Crippen LogP contribution >= 0.6 is 0 Å². The van der Waals surface area contributed by atoms with Crippen molar-refractivity contribution in [2.24, 2.45) is 0 Å². The highest BCUT2D eigenvalue weighted by atomic mass is 16.5. The summed E-state index contributed by atoms with van der Waals surface area (Å²) in [4.78, 5) is 17.2. The predicted molar refractivity (Wildman–Crippen MR) is 118 cm³/mol. The molecule has 1 N–H and O–H groups in total. The van der Waals surface area contributed by atoms with Gasteiger partial charge in [-0.15, -0.1) is 0 Å². The normalized spacial score (nSPS) is 14.9. The van der Waals surface area contributed by atoms with Gasteiger partial charge in [-0.3, -0.25) is 14.6 Å². The summed E-state index contributed by atoms with van der Waals surface area (Å²) in [6.07, 6.45) is 0. The second-order valence-electron chi connectivity index (χ2n) is 7.50. The van der Waals surface area contributed by atoms with Crippen LogP contribution in [0.5, 0.6) is 17.2 Å². The first kappa shape index (κ1) is 21.9. The molecule has 2 aromatic carbocycles. The first-order valence-electron chi connectivity index (χ1n) is 10.1. The van der Waals surface area contributed by atoms with E-state index in [1.54, 1.807) is 33.5 Å². The molecule has 1 saturated heterocycles. The van der Waals surface area contributed by atoms with Crippen molar-refractivity contribution >= 4 is 11.6 Å². The van der Waals surface area contributed by atoms with E-state index < -0.39 is 0 Å². The highest BCUT2D eigenvalue weighted by Crippen LogP contribution is 2.39. The highest BCUT2D eigenvalue weighted by Gasteiger charge is 2.20. The second kappa shape index (κ2) is 10.3. The van der Waals surface area contributed by atoms with E-state index >= 15 is 0 Å². The van der Waals surface area contributed by atoms with Crippen molar-refractivity contribution in [2.45, 2.75) is 13.5 Å². The molecule has 0 spiro atoms. The number of carbonyl (C=O) groups is 1. The van der Waals surface area contributed by atoms with Crippen LogP contribution in [-0.2, 0) is 11.3 Å². The van der Waals surface area contributed by atoms with E-state index in [4.69, 9.17) is 14.2 Å². The van der Waals surface area contributed by atoms with Crippen molar-refractivity contribution in [3.63, 3.8) is 0 Å². The summed E-state index contributed by atoms with van der Waals surface area (Å²) in [5, 5.41) is 2.94. The first-order valence-corrected chi connectivity index (χ1v) is 10.1. The quantitative estimate of drug-likeness (QED) is 0.718. The summed E-state index contributed by atoms with van der Waals surface area (Å²) in [5.41, 5.74) is 3.24. The Hall–Kier alpha value is -2.77. The third kappa shape index (κ3) is 5.64. The molecule has 0 aliphatic carbocycles. The Morgan fingerprint density at radius 2 is 1.57 bits per heavy atom. The van der Waals surface area contributed by atoms with Crippen LogP contribution in [0.2, 0.25) is 0 Å². The minimum Gasteiger partial charge on any atom is -0.493 e. The lowest BCUT2D eigenvalue weighted by molar-refractivity contribution is -0.117. The Morgan fingerprint density at radius 3 is 2.13 bits per heavy atom. The van der Waals surface area contributed by atoms with Gasteiger partial charge < -0.3 is 19.5 Å². The fraction of sp³-hybridized carbons (Fsp3) is 0.435. The van der Waals surface area contributed by atoms with Gasteiger partial charge in [-0.1, -0.05) is 29.8 Å². The maximum atomic E-state index is 12.6. The number of carbonyl (C=O) groups excluding carboxylic acids is 1. The van der Waals surface area contributed by atoms with Crippen LogP contribution in [0.1, 0.15) is 11.1 Å². The number of aryl methyl sites for hydroxylation is 1. The van der Waals surface area contributed by atoms with Crippen molar-refractivity contribution in [1.29, 1.82) is 0 Å². The fourth-order valence-electron chi connectivity index (χ4n) is 3.73. The zero-order valence-electron chi connectivity index (χ0n) is 18.2. The van der Waals surface area contributed by atoms with Crippen LogP contribution in [0, 0.1) is 6.92 Å². The largest absolute Gasteiger partial charge is 0.493 e. The number of anilines is 1. The van der Waals surface area contributed by atoms with Gasteiger partial charge in [0.25, 0.3) is 0 Å². The van der Waals surface area contributed by atoms with Gasteiger partial charge in [0.15, 0.2) is 11.5 Å². The number of nitrogens with zero attached hydrogens (tertiary/aromatic N) is 2. The summed E-state index contributed by atoms with van der Waals surface area (Å²) >= 11 is 0. The zero-order chi connectivity index (χ0) is 21.5. The second-order valence-corrected chi connectivity index (χ2v) is 7.50. The number of nitrogens with one attached hydrogen (secondary N) is 1. The predicted octanol–water partition coefficient (Wildman–Crippen LogP) is 2.78. The average molecular weight is 414 g/mol. The van der Waals surface area contributed by atoms with Crippen LogP contribution in [-0.4, -0.2) is 69.8 Å². The van der Waals surface area contributed by atoms with Gasteiger partial charge in [0.1, 0.15) is 0 Å². The van der Waals surface area contributed by atoms with Gasteiger partial charge >= 0.3 is 0 Å². The Bertz CT molecular complexity index is 838. The molecule has 7 heteroatoms. The smallest absolute Gasteiger partial charge is 0.238 e. The molecule has 1 amide bonds. The van der Waals surface area contributed by atoms with Gasteiger partial charge in [0.05, 0.1) is 27.9 Å². The molecule has 1 fully saturated rings. The van der Waals surface area contributed by atoms with E-state index in [2.05, 4.69) is 46.3 Å². The van der Waals surface area contributed by atoms with Gasteiger partial charge in [-0.25, -0.2) is 0 Å². The van der Waals surface area contributed by atoms with E-state index in [-0.39, 0.29) is 5.91 Å². The maximum absolute atomic E-state index is 12.6. The molecule has 0 aromatic heterocycles. The summed E-state index contributed by atoms with van der Waals surface area (Å²) < 4.78 is 16.0. The van der Waals surface area contributed by atoms with Gasteiger partial charge in [-0.2, -0.15) is 0 Å². The molecule has 1 aliphatic heterocycles. The molecule has 7 nitrogen and oxygen atoms in total. The number of rotatable bonds is 8. The topological polar surface area (TPSA) is 63.3 Å². The fourth-order valence-corrected chi connectivity index (χ4v) is 3.73. The molecule has 0 radical (unpaired) electrons. The Balaban J connectivity index is 1.51. The molecule has 2 aromatic rings. The monoisotopic (exact) mass is 413 g/mol. The van der Waals surface area contributed by atoms with E-state index in [1.165, 1.54) is 11.1 Å². The Morgan fingerprint density at radius 1 is 0.933 bits per heavy atom. The molecule has 0 bridgehead atoms. The molecule has 0 saturated carbocycles. The lowest BCUT2D eigenvalue weighted by Crippen LogP contribution is -2.48. The van der Waals surface area contributed by atoms with Crippen molar-refractivity contribution in [2.75, 3.05) is 59.4 Å². The minimum absolute atomic E-state index is 0.0589. The lowest BCUT2D eigenvalue weighted by Gasteiger charge is -2.34. The van der Waals surface area contributed by atoms with E-state index in [0.29, 0.717) is 29.5 Å². The van der Waals surface area contributed by atoms with Gasteiger partial charge in [0.2, 0.25) is 11.7 Å². The van der Waals surface area contributed by atoms with Crippen LogP contribution < -0.4 is 19.5 Å². The van der Waals surface area contributed by atoms with Crippen LogP contribution in [0.4, 0.5) is 5.69 Å². The van der Waals surface area contributed by atoms with Crippen molar-refractivity contribution < 1.29 is 19.0 Å². The number of ether oxygens (including phenoxy) is 3. The third-order valence-electron chi connectivity index (χ3n) is 5.27. The minimum atomic E-state index is -0.0589. The maximum Gasteiger partial charge on any atom is 0.238 e. The average Bonchev–Trinajstić information content (AvgIpc) is 2.74. The molecule has 30 heavy (non-hydrogen) atoms. The number of methoxy groups -OCH3 is 3. The van der Waals surface area contributed by atoms with Crippen molar-refractivity contribution in [3.8, 4) is 17.2 Å². The molecule has 0 unspecified atom stereocenters. The molecule has 162 valence electrons. The summed E-state index contributed by atoms with van der Waals surface area (Å²) in [6, 6.07) is 12.1. The van der Waals surface area contributed by atoms with E-state index in [1.807, 2.05) is 0 Å². The van der Waals surface area contributed by atoms with Crippen molar-refractivity contribution in [1.82, 2.24) is 9.80 Å².